The number of ether oxygens (including phenoxy) is 12. The third-order valence-corrected chi connectivity index (χ3v) is 13.9. The number of hydrogen-bond acceptors (Lipinski definition) is 15. The van der Waals surface area contributed by atoms with Crippen LogP contribution in [0.3, 0.4) is 0 Å². The van der Waals surface area contributed by atoms with Gasteiger partial charge in [-0.3, -0.25) is 9.59 Å². The molecule has 3 fully saturated rings. The summed E-state index contributed by atoms with van der Waals surface area (Å²) in [6, 6.07) is 0. The minimum absolute atomic E-state index is 0.0336. The zero-order chi connectivity index (χ0) is 53.0. The topological polar surface area (TPSA) is 162 Å². The van der Waals surface area contributed by atoms with Crippen LogP contribution in [0.1, 0.15) is 246 Å². The first-order chi connectivity index (χ1) is 36.2. The molecule has 3 heterocycles. The molecule has 0 saturated carbocycles. The predicted octanol–water partition coefficient (Wildman–Crippen LogP) is 13.0. The first-order valence-corrected chi connectivity index (χ1v) is 30.3. The molecule has 6 atom stereocenters. The number of esters is 3. The van der Waals surface area contributed by atoms with E-state index in [2.05, 4.69) is 13.8 Å². The van der Waals surface area contributed by atoms with E-state index < -0.39 is 42.3 Å². The molecule has 15 heteroatoms. The van der Waals surface area contributed by atoms with Gasteiger partial charge in [-0.2, -0.15) is 0 Å². The van der Waals surface area contributed by atoms with E-state index in [1.165, 1.54) is 128 Å². The van der Waals surface area contributed by atoms with Crippen LogP contribution < -0.4 is 0 Å². The molecular formula is C59H108O15. The van der Waals surface area contributed by atoms with Crippen molar-refractivity contribution in [2.75, 3.05) is 72.7 Å². The molecule has 15 nitrogen and oxygen atoms in total. The molecule has 0 aromatic carbocycles. The van der Waals surface area contributed by atoms with E-state index in [0.717, 1.165) is 77.0 Å². The Hall–Kier alpha value is -1.95. The second-order valence-electron chi connectivity index (χ2n) is 21.6. The standard InChI is InChI=1S/C59H108O15/c1-5-7-9-11-13-15-17-19-21-23-25-27-29-35-54(60)68-46-52(71-55(61)36-30-28-26-24-22-20-18-16-14-12-10-8-6-2)47-69-56(62)49-65-44-51(73-58-38-32-34-40-67-58)42-63-41-50(72-57-37-31-33-39-66-57)43-64-45-53-48-70-59(3,4)74-53/h50-53,57-58H,5-49H2,1-4H3/t50?,51?,52-,53?,57?,58?/m0/s1. The maximum atomic E-state index is 13.1. The highest BCUT2D eigenvalue weighted by Gasteiger charge is 2.33. The Morgan fingerprint density at radius 3 is 1.32 bits per heavy atom. The van der Waals surface area contributed by atoms with Gasteiger partial charge in [-0.05, 0) is 65.2 Å². The molecule has 3 saturated heterocycles. The van der Waals surface area contributed by atoms with E-state index in [1.54, 1.807) is 0 Å². The molecule has 0 amide bonds. The highest BCUT2D eigenvalue weighted by molar-refractivity contribution is 5.71. The van der Waals surface area contributed by atoms with Gasteiger partial charge < -0.3 is 56.8 Å². The number of carbonyl (C=O) groups is 3. The van der Waals surface area contributed by atoms with Crippen LogP contribution in [0.15, 0.2) is 0 Å². The molecular weight excluding hydrogens is 949 g/mol. The molecule has 0 spiro atoms. The first-order valence-electron chi connectivity index (χ1n) is 30.3. The molecule has 0 bridgehead atoms. The van der Waals surface area contributed by atoms with E-state index in [0.29, 0.717) is 32.8 Å². The minimum Gasteiger partial charge on any atom is -0.462 e. The monoisotopic (exact) mass is 1060 g/mol. The molecule has 5 unspecified atom stereocenters. The summed E-state index contributed by atoms with van der Waals surface area (Å²) in [7, 11) is 0. The SMILES string of the molecule is CCCCCCCCCCCCCCCC(=O)OC[C@@H](COC(=O)COCC(COCC(COCC1COC(C)(C)O1)OC1CCCCO1)OC1CCCCO1)OC(=O)CCCCCCCCCCCCCCC. The smallest absolute Gasteiger partial charge is 0.332 e. The summed E-state index contributed by atoms with van der Waals surface area (Å²) >= 11 is 0. The van der Waals surface area contributed by atoms with Crippen molar-refractivity contribution in [1.82, 2.24) is 0 Å². The minimum atomic E-state index is -0.930. The van der Waals surface area contributed by atoms with Gasteiger partial charge in [-0.15, -0.1) is 0 Å². The van der Waals surface area contributed by atoms with Gasteiger partial charge in [0.25, 0.3) is 0 Å². The van der Waals surface area contributed by atoms with E-state index in [9.17, 15) is 14.4 Å². The lowest BCUT2D eigenvalue weighted by molar-refractivity contribution is -0.223. The van der Waals surface area contributed by atoms with Gasteiger partial charge in [0.15, 0.2) is 24.5 Å². The van der Waals surface area contributed by atoms with Crippen LogP contribution in [0.5, 0.6) is 0 Å². The zero-order valence-corrected chi connectivity index (χ0v) is 47.4. The van der Waals surface area contributed by atoms with E-state index in [1.807, 2.05) is 13.8 Å². The first kappa shape index (κ1) is 66.3. The summed E-state index contributed by atoms with van der Waals surface area (Å²) in [5.41, 5.74) is 0. The van der Waals surface area contributed by atoms with Crippen molar-refractivity contribution in [2.24, 2.45) is 0 Å². The van der Waals surface area contributed by atoms with Crippen molar-refractivity contribution in [3.05, 3.63) is 0 Å². The molecule has 434 valence electrons. The molecule has 0 radical (unpaired) electrons. The third kappa shape index (κ3) is 37.0. The second-order valence-corrected chi connectivity index (χ2v) is 21.6. The molecule has 0 N–H and O–H groups in total. The van der Waals surface area contributed by atoms with Crippen LogP contribution in [0.25, 0.3) is 0 Å². The summed E-state index contributed by atoms with van der Waals surface area (Å²) < 4.78 is 70.8. The molecule has 74 heavy (non-hydrogen) atoms. The lowest BCUT2D eigenvalue weighted by Crippen LogP contribution is -2.38. The molecule has 3 aliphatic rings. The highest BCUT2D eigenvalue weighted by atomic mass is 16.8. The van der Waals surface area contributed by atoms with Crippen LogP contribution >= 0.6 is 0 Å². The normalized spacial score (nSPS) is 20.0. The van der Waals surface area contributed by atoms with Crippen molar-refractivity contribution in [2.45, 2.75) is 289 Å². The van der Waals surface area contributed by atoms with Crippen LogP contribution in [-0.2, 0) is 71.2 Å². The average Bonchev–Trinajstić information content (AvgIpc) is 3.75. The van der Waals surface area contributed by atoms with Crippen molar-refractivity contribution >= 4 is 17.9 Å². The third-order valence-electron chi connectivity index (χ3n) is 13.9. The fraction of sp³-hybridized carbons (Fsp3) is 0.949. The van der Waals surface area contributed by atoms with Crippen LogP contribution in [0.2, 0.25) is 0 Å². The average molecular weight is 1060 g/mol. The Morgan fingerprint density at radius 2 is 0.892 bits per heavy atom. The molecule has 3 rings (SSSR count). The van der Waals surface area contributed by atoms with Crippen molar-refractivity contribution < 1.29 is 71.2 Å². The molecule has 0 aromatic heterocycles. The maximum absolute atomic E-state index is 13.1. The van der Waals surface area contributed by atoms with Gasteiger partial charge in [-0.25, -0.2) is 4.79 Å². The van der Waals surface area contributed by atoms with E-state index in [-0.39, 0.29) is 71.0 Å². The van der Waals surface area contributed by atoms with Gasteiger partial charge in [-0.1, -0.05) is 168 Å². The molecule has 0 aliphatic carbocycles. The molecule has 3 aliphatic heterocycles. The van der Waals surface area contributed by atoms with Crippen LogP contribution in [0.4, 0.5) is 0 Å². The van der Waals surface area contributed by atoms with Crippen molar-refractivity contribution in [3.63, 3.8) is 0 Å². The summed E-state index contributed by atoms with van der Waals surface area (Å²) in [6.45, 7) is 10.2. The van der Waals surface area contributed by atoms with Gasteiger partial charge in [0.05, 0.1) is 39.6 Å². The largest absolute Gasteiger partial charge is 0.462 e. The fourth-order valence-electron chi connectivity index (χ4n) is 9.52. The number of hydrogen-bond donors (Lipinski definition) is 0. The molecule has 0 aromatic rings. The highest BCUT2D eigenvalue weighted by Crippen LogP contribution is 2.23. The zero-order valence-electron chi connectivity index (χ0n) is 47.4. The van der Waals surface area contributed by atoms with E-state index >= 15 is 0 Å². The van der Waals surface area contributed by atoms with Gasteiger partial charge in [0, 0.05) is 26.1 Å². The van der Waals surface area contributed by atoms with E-state index in [4.69, 9.17) is 56.8 Å². The Labute approximate surface area is 449 Å². The fourth-order valence-corrected chi connectivity index (χ4v) is 9.52. The number of carbonyl (C=O) groups excluding carboxylic acids is 3. The van der Waals surface area contributed by atoms with Crippen molar-refractivity contribution in [3.8, 4) is 0 Å². The summed E-state index contributed by atoms with van der Waals surface area (Å²) in [4.78, 5) is 38.9. The second kappa shape index (κ2) is 45.0. The maximum Gasteiger partial charge on any atom is 0.332 e. The Kier molecular flexibility index (Phi) is 40.3. The van der Waals surface area contributed by atoms with Gasteiger partial charge in [0.1, 0.15) is 38.1 Å². The van der Waals surface area contributed by atoms with Crippen LogP contribution in [-0.4, -0.2) is 133 Å². The Bertz CT molecular complexity index is 1340. The number of unbranched alkanes of at least 4 members (excludes halogenated alkanes) is 24. The lowest BCUT2D eigenvalue weighted by Gasteiger charge is -2.29. The quantitative estimate of drug-likeness (QED) is 0.0321. The lowest BCUT2D eigenvalue weighted by atomic mass is 10.0. The number of rotatable bonds is 49. The van der Waals surface area contributed by atoms with Gasteiger partial charge >= 0.3 is 17.9 Å². The summed E-state index contributed by atoms with van der Waals surface area (Å²) in [5, 5.41) is 0. The predicted molar refractivity (Wildman–Crippen MR) is 287 cm³/mol. The summed E-state index contributed by atoms with van der Waals surface area (Å²) in [6.07, 6.45) is 34.9. The van der Waals surface area contributed by atoms with Crippen LogP contribution in [0, 0.1) is 0 Å². The summed E-state index contributed by atoms with van der Waals surface area (Å²) in [5.74, 6) is -2.02. The Balaban J connectivity index is 1.42. The Morgan fingerprint density at radius 1 is 0.473 bits per heavy atom. The van der Waals surface area contributed by atoms with Crippen molar-refractivity contribution in [1.29, 1.82) is 0 Å². The van der Waals surface area contributed by atoms with Gasteiger partial charge in [0.2, 0.25) is 0 Å².